The average molecular weight is 336 g/mol. The number of nitrogens with one attached hydrogen (secondary N) is 1. The third kappa shape index (κ3) is 2.88. The molecule has 0 saturated carbocycles. The second kappa shape index (κ2) is 5.45. The van der Waals surface area contributed by atoms with Crippen molar-refractivity contribution in [1.29, 1.82) is 0 Å². The van der Waals surface area contributed by atoms with Gasteiger partial charge in [-0.2, -0.15) is 0 Å². The summed E-state index contributed by atoms with van der Waals surface area (Å²) in [6.45, 7) is 2.95. The van der Waals surface area contributed by atoms with Gasteiger partial charge in [-0.15, -0.1) is 11.3 Å². The molecule has 1 N–H and O–H groups in total. The van der Waals surface area contributed by atoms with Gasteiger partial charge < -0.3 is 5.32 Å². The third-order valence-electron chi connectivity index (χ3n) is 3.08. The van der Waals surface area contributed by atoms with Gasteiger partial charge in [-0.25, -0.2) is 4.98 Å². The minimum absolute atomic E-state index is 0.303. The molecule has 3 rings (SSSR count). The van der Waals surface area contributed by atoms with Crippen LogP contribution in [0, 0.1) is 0 Å². The maximum absolute atomic E-state index is 4.57. The number of fused-ring (bicyclic) bond motifs is 1. The van der Waals surface area contributed by atoms with Crippen LogP contribution in [-0.2, 0) is 6.54 Å². The van der Waals surface area contributed by atoms with E-state index in [1.165, 1.54) is 5.56 Å². The van der Waals surface area contributed by atoms with Crippen LogP contribution in [-0.4, -0.2) is 9.38 Å². The van der Waals surface area contributed by atoms with Crippen LogP contribution in [0.2, 0.25) is 0 Å². The molecule has 0 radical (unpaired) electrons. The topological polar surface area (TPSA) is 29.3 Å². The molecule has 0 aliphatic rings. The molecule has 3 nitrogen and oxygen atoms in total. The van der Waals surface area contributed by atoms with Gasteiger partial charge in [-0.1, -0.05) is 28.1 Å². The lowest BCUT2D eigenvalue weighted by Crippen LogP contribution is -2.18. The molecule has 0 fully saturated rings. The Morgan fingerprint density at radius 3 is 3.16 bits per heavy atom. The van der Waals surface area contributed by atoms with E-state index in [0.717, 1.165) is 21.7 Å². The third-order valence-corrected chi connectivity index (χ3v) is 4.35. The number of rotatable bonds is 4. The largest absolute Gasteiger partial charge is 0.305 e. The first-order chi connectivity index (χ1) is 9.22. The van der Waals surface area contributed by atoms with Crippen LogP contribution in [0.1, 0.15) is 24.2 Å². The van der Waals surface area contributed by atoms with Crippen molar-refractivity contribution in [2.24, 2.45) is 0 Å². The van der Waals surface area contributed by atoms with Gasteiger partial charge in [0.1, 0.15) is 0 Å². The van der Waals surface area contributed by atoms with E-state index in [4.69, 9.17) is 0 Å². The predicted molar refractivity (Wildman–Crippen MR) is 82.5 cm³/mol. The Labute approximate surface area is 124 Å². The summed E-state index contributed by atoms with van der Waals surface area (Å²) in [6, 6.07) is 8.68. The van der Waals surface area contributed by atoms with E-state index < -0.39 is 0 Å². The van der Waals surface area contributed by atoms with Crippen LogP contribution in [0.3, 0.4) is 0 Å². The number of hydrogen-bond acceptors (Lipinski definition) is 3. The van der Waals surface area contributed by atoms with Crippen molar-refractivity contribution >= 4 is 32.2 Å². The molecule has 0 aliphatic carbocycles. The fraction of sp³-hybridized carbons (Fsp3) is 0.214. The van der Waals surface area contributed by atoms with Crippen LogP contribution < -0.4 is 5.32 Å². The Balaban J connectivity index is 1.67. The average Bonchev–Trinajstić information content (AvgIpc) is 2.96. The van der Waals surface area contributed by atoms with Crippen LogP contribution in [0.15, 0.2) is 46.5 Å². The number of thiazole rings is 1. The first kappa shape index (κ1) is 12.8. The van der Waals surface area contributed by atoms with E-state index in [-0.39, 0.29) is 0 Å². The molecular weight excluding hydrogens is 322 g/mol. The summed E-state index contributed by atoms with van der Waals surface area (Å²) in [6.07, 6.45) is 4.11. The van der Waals surface area contributed by atoms with E-state index in [0.29, 0.717) is 6.04 Å². The van der Waals surface area contributed by atoms with E-state index >= 15 is 0 Å². The zero-order valence-corrected chi connectivity index (χ0v) is 12.9. The van der Waals surface area contributed by atoms with E-state index in [1.54, 1.807) is 11.3 Å². The number of nitrogens with zero attached hydrogens (tertiary/aromatic N) is 2. The van der Waals surface area contributed by atoms with Gasteiger partial charge in [-0.3, -0.25) is 4.40 Å². The van der Waals surface area contributed by atoms with E-state index in [1.807, 2.05) is 17.6 Å². The zero-order chi connectivity index (χ0) is 13.2. The van der Waals surface area contributed by atoms with E-state index in [9.17, 15) is 0 Å². The minimum Gasteiger partial charge on any atom is -0.305 e. The molecule has 1 aromatic carbocycles. The maximum atomic E-state index is 4.57. The lowest BCUT2D eigenvalue weighted by atomic mass is 10.1. The van der Waals surface area contributed by atoms with Gasteiger partial charge in [0.05, 0.1) is 5.69 Å². The molecule has 19 heavy (non-hydrogen) atoms. The molecule has 0 aliphatic heterocycles. The molecule has 5 heteroatoms. The van der Waals surface area contributed by atoms with Crippen molar-refractivity contribution in [3.63, 3.8) is 0 Å². The fourth-order valence-electron chi connectivity index (χ4n) is 2.01. The first-order valence-corrected chi connectivity index (χ1v) is 7.79. The van der Waals surface area contributed by atoms with Crippen LogP contribution in [0.25, 0.3) is 4.96 Å². The zero-order valence-electron chi connectivity index (χ0n) is 10.5. The smallest absolute Gasteiger partial charge is 0.193 e. The highest BCUT2D eigenvalue weighted by Gasteiger charge is 2.07. The molecule has 98 valence electrons. The van der Waals surface area contributed by atoms with Crippen molar-refractivity contribution in [2.45, 2.75) is 19.5 Å². The summed E-state index contributed by atoms with van der Waals surface area (Å²) in [5.41, 5.74) is 2.35. The Hall–Kier alpha value is -1.17. The van der Waals surface area contributed by atoms with Crippen molar-refractivity contribution in [3.05, 3.63) is 57.8 Å². The summed E-state index contributed by atoms with van der Waals surface area (Å²) in [4.78, 5) is 5.61. The summed E-state index contributed by atoms with van der Waals surface area (Å²) in [7, 11) is 0. The number of imidazole rings is 1. The highest BCUT2D eigenvalue weighted by molar-refractivity contribution is 9.10. The minimum atomic E-state index is 0.303. The number of hydrogen-bond donors (Lipinski definition) is 1. The Morgan fingerprint density at radius 2 is 2.37 bits per heavy atom. The fourth-order valence-corrected chi connectivity index (χ4v) is 3.15. The van der Waals surface area contributed by atoms with Crippen LogP contribution in [0.5, 0.6) is 0 Å². The second-order valence-electron chi connectivity index (χ2n) is 4.48. The van der Waals surface area contributed by atoms with E-state index in [2.05, 4.69) is 62.0 Å². The summed E-state index contributed by atoms with van der Waals surface area (Å²) >= 11 is 5.16. The van der Waals surface area contributed by atoms with Crippen molar-refractivity contribution in [3.8, 4) is 0 Å². The second-order valence-corrected chi connectivity index (χ2v) is 6.27. The van der Waals surface area contributed by atoms with Gasteiger partial charge in [0.2, 0.25) is 0 Å². The quantitative estimate of drug-likeness (QED) is 0.780. The van der Waals surface area contributed by atoms with Crippen molar-refractivity contribution < 1.29 is 0 Å². The highest BCUT2D eigenvalue weighted by Crippen LogP contribution is 2.18. The molecule has 3 aromatic rings. The molecule has 0 spiro atoms. The monoisotopic (exact) mass is 335 g/mol. The predicted octanol–water partition coefficient (Wildman–Crippen LogP) is 4.01. The summed E-state index contributed by atoms with van der Waals surface area (Å²) in [5.74, 6) is 0. The maximum Gasteiger partial charge on any atom is 0.193 e. The Bertz CT molecular complexity index is 660. The molecule has 2 aromatic heterocycles. The Kier molecular flexibility index (Phi) is 3.68. The van der Waals surface area contributed by atoms with Crippen molar-refractivity contribution in [1.82, 2.24) is 14.7 Å². The molecule has 0 unspecified atom stereocenters. The first-order valence-electron chi connectivity index (χ1n) is 6.12. The molecule has 0 bridgehead atoms. The van der Waals surface area contributed by atoms with Gasteiger partial charge in [0.15, 0.2) is 4.96 Å². The number of halogens is 1. The van der Waals surface area contributed by atoms with Crippen LogP contribution in [0.4, 0.5) is 0 Å². The van der Waals surface area contributed by atoms with Crippen molar-refractivity contribution in [2.75, 3.05) is 0 Å². The molecule has 2 heterocycles. The normalized spacial score (nSPS) is 12.9. The Morgan fingerprint density at radius 1 is 1.47 bits per heavy atom. The molecule has 1 atom stereocenters. The molecular formula is C14H14BrN3S. The summed E-state index contributed by atoms with van der Waals surface area (Å²) in [5, 5.41) is 5.55. The standard InChI is InChI=1S/C14H14BrN3S/c1-10(11-3-2-4-12(15)7-11)16-8-13-9-18-5-6-19-14(18)17-13/h2-7,9-10,16H,8H2,1H3/t10-/m0/s1. The van der Waals surface area contributed by atoms with Gasteiger partial charge >= 0.3 is 0 Å². The highest BCUT2D eigenvalue weighted by atomic mass is 79.9. The lowest BCUT2D eigenvalue weighted by molar-refractivity contribution is 0.569. The van der Waals surface area contributed by atoms with Gasteiger partial charge in [0, 0.05) is 34.8 Å². The molecule has 0 amide bonds. The number of benzene rings is 1. The molecule has 0 saturated heterocycles. The lowest BCUT2D eigenvalue weighted by Gasteiger charge is -2.13. The summed E-state index contributed by atoms with van der Waals surface area (Å²) < 4.78 is 3.17. The SMILES string of the molecule is C[C@H](NCc1cn2ccsc2n1)c1cccc(Br)c1. The number of aromatic nitrogens is 2. The van der Waals surface area contributed by atoms with Gasteiger partial charge in [0.25, 0.3) is 0 Å². The van der Waals surface area contributed by atoms with Crippen LogP contribution >= 0.6 is 27.3 Å². The van der Waals surface area contributed by atoms with Gasteiger partial charge in [-0.05, 0) is 24.6 Å².